The molecule has 1 amide bonds. The van der Waals surface area contributed by atoms with Crippen molar-refractivity contribution >= 4 is 11.9 Å². The molecule has 0 aromatic carbocycles. The van der Waals surface area contributed by atoms with Crippen molar-refractivity contribution in [1.29, 1.82) is 0 Å². The summed E-state index contributed by atoms with van der Waals surface area (Å²) in [5.74, 6) is -0.132. The second-order valence-electron chi connectivity index (χ2n) is 5.87. The molecule has 0 aliphatic carbocycles. The molecule has 20 heavy (non-hydrogen) atoms. The van der Waals surface area contributed by atoms with Crippen LogP contribution in [0, 0.1) is 11.8 Å². The SMILES string of the molecule is CC(C)CC(CN)CC(=O)N1CCOC(CC(=O)O)C1. The van der Waals surface area contributed by atoms with Gasteiger partial charge >= 0.3 is 5.97 Å². The molecule has 0 saturated carbocycles. The lowest BCUT2D eigenvalue weighted by atomic mass is 9.93. The highest BCUT2D eigenvalue weighted by Gasteiger charge is 2.27. The Balaban J connectivity index is 2.47. The molecule has 1 aliphatic rings. The summed E-state index contributed by atoms with van der Waals surface area (Å²) in [5, 5.41) is 8.77. The Labute approximate surface area is 120 Å². The zero-order valence-corrected chi connectivity index (χ0v) is 12.4. The molecule has 3 N–H and O–H groups in total. The zero-order valence-electron chi connectivity index (χ0n) is 12.4. The Kier molecular flexibility index (Phi) is 6.95. The largest absolute Gasteiger partial charge is 0.481 e. The minimum atomic E-state index is -0.899. The Morgan fingerprint density at radius 3 is 2.70 bits per heavy atom. The number of rotatable bonds is 7. The molecule has 0 radical (unpaired) electrons. The van der Waals surface area contributed by atoms with E-state index in [-0.39, 0.29) is 18.2 Å². The molecule has 1 saturated heterocycles. The van der Waals surface area contributed by atoms with Crippen LogP contribution in [-0.2, 0) is 14.3 Å². The van der Waals surface area contributed by atoms with Crippen LogP contribution in [0.15, 0.2) is 0 Å². The first kappa shape index (κ1) is 16.9. The van der Waals surface area contributed by atoms with Gasteiger partial charge in [0.05, 0.1) is 19.1 Å². The van der Waals surface area contributed by atoms with Gasteiger partial charge in [-0.25, -0.2) is 0 Å². The fraction of sp³-hybridized carbons (Fsp3) is 0.857. The van der Waals surface area contributed by atoms with E-state index in [1.165, 1.54) is 0 Å². The number of nitrogens with two attached hydrogens (primary N) is 1. The summed E-state index contributed by atoms with van der Waals surface area (Å²) in [6, 6.07) is 0. The maximum Gasteiger partial charge on any atom is 0.306 e. The zero-order chi connectivity index (χ0) is 15.1. The predicted octanol–water partition coefficient (Wildman–Crippen LogP) is 0.700. The van der Waals surface area contributed by atoms with Crippen molar-refractivity contribution in [3.05, 3.63) is 0 Å². The second-order valence-corrected chi connectivity index (χ2v) is 5.87. The summed E-state index contributed by atoms with van der Waals surface area (Å²) in [6.07, 6.45) is 0.919. The van der Waals surface area contributed by atoms with Crippen molar-refractivity contribution in [3.63, 3.8) is 0 Å². The van der Waals surface area contributed by atoms with Crippen LogP contribution in [0.1, 0.15) is 33.1 Å². The third-order valence-corrected chi connectivity index (χ3v) is 3.50. The summed E-state index contributed by atoms with van der Waals surface area (Å²) in [5.41, 5.74) is 5.72. The highest BCUT2D eigenvalue weighted by Crippen LogP contribution is 2.17. The maximum atomic E-state index is 12.2. The van der Waals surface area contributed by atoms with Gasteiger partial charge in [-0.05, 0) is 24.8 Å². The monoisotopic (exact) mass is 286 g/mol. The Morgan fingerprint density at radius 1 is 1.45 bits per heavy atom. The number of carbonyl (C=O) groups is 2. The lowest BCUT2D eigenvalue weighted by Crippen LogP contribution is -2.47. The first-order chi connectivity index (χ1) is 9.42. The van der Waals surface area contributed by atoms with Crippen LogP contribution in [0.2, 0.25) is 0 Å². The van der Waals surface area contributed by atoms with E-state index in [0.717, 1.165) is 6.42 Å². The van der Waals surface area contributed by atoms with E-state index in [0.29, 0.717) is 38.6 Å². The molecule has 0 aromatic rings. The van der Waals surface area contributed by atoms with Gasteiger partial charge in [0, 0.05) is 19.5 Å². The number of morpholine rings is 1. The fourth-order valence-corrected chi connectivity index (χ4v) is 2.57. The standard InChI is InChI=1S/C14H26N2O4/c1-10(2)5-11(8-15)6-13(17)16-3-4-20-12(9-16)7-14(18)19/h10-12H,3-9,15H2,1-2H3,(H,18,19). The van der Waals surface area contributed by atoms with E-state index in [9.17, 15) is 9.59 Å². The maximum absolute atomic E-state index is 12.2. The molecule has 0 spiro atoms. The molecule has 6 heteroatoms. The van der Waals surface area contributed by atoms with Crippen molar-refractivity contribution in [3.8, 4) is 0 Å². The summed E-state index contributed by atoms with van der Waals surface area (Å²) in [7, 11) is 0. The van der Waals surface area contributed by atoms with Gasteiger partial charge in [0.1, 0.15) is 0 Å². The molecule has 116 valence electrons. The molecule has 1 rings (SSSR count). The number of nitrogens with zero attached hydrogens (tertiary/aromatic N) is 1. The van der Waals surface area contributed by atoms with E-state index < -0.39 is 12.1 Å². The van der Waals surface area contributed by atoms with Gasteiger partial charge in [-0.1, -0.05) is 13.8 Å². The van der Waals surface area contributed by atoms with Gasteiger partial charge in [0.2, 0.25) is 5.91 Å². The van der Waals surface area contributed by atoms with Crippen molar-refractivity contribution in [2.75, 3.05) is 26.2 Å². The number of carboxylic acid groups (broad SMARTS) is 1. The number of ether oxygens (including phenoxy) is 1. The Bertz CT molecular complexity index is 333. The fourth-order valence-electron chi connectivity index (χ4n) is 2.57. The van der Waals surface area contributed by atoms with E-state index in [2.05, 4.69) is 13.8 Å². The smallest absolute Gasteiger partial charge is 0.306 e. The van der Waals surface area contributed by atoms with Gasteiger partial charge in [0.15, 0.2) is 0 Å². The molecule has 0 aromatic heterocycles. The lowest BCUT2D eigenvalue weighted by molar-refractivity contribution is -0.148. The number of carboxylic acids is 1. The molecule has 2 unspecified atom stereocenters. The van der Waals surface area contributed by atoms with Crippen LogP contribution < -0.4 is 5.73 Å². The van der Waals surface area contributed by atoms with Crippen molar-refractivity contribution in [2.24, 2.45) is 17.6 Å². The number of amides is 1. The molecule has 2 atom stereocenters. The van der Waals surface area contributed by atoms with Crippen LogP contribution in [0.5, 0.6) is 0 Å². The van der Waals surface area contributed by atoms with Crippen LogP contribution in [-0.4, -0.2) is 54.2 Å². The molecule has 6 nitrogen and oxygen atoms in total. The first-order valence-corrected chi connectivity index (χ1v) is 7.23. The van der Waals surface area contributed by atoms with Crippen molar-refractivity contribution in [2.45, 2.75) is 39.2 Å². The average molecular weight is 286 g/mol. The summed E-state index contributed by atoms with van der Waals surface area (Å²) >= 11 is 0. The van der Waals surface area contributed by atoms with Gasteiger partial charge in [-0.15, -0.1) is 0 Å². The predicted molar refractivity (Wildman–Crippen MR) is 75.2 cm³/mol. The van der Waals surface area contributed by atoms with Gasteiger partial charge in [0.25, 0.3) is 0 Å². The number of hydrogen-bond acceptors (Lipinski definition) is 4. The van der Waals surface area contributed by atoms with E-state index in [1.54, 1.807) is 4.90 Å². The second kappa shape index (κ2) is 8.21. The third kappa shape index (κ3) is 5.88. The lowest BCUT2D eigenvalue weighted by Gasteiger charge is -2.33. The van der Waals surface area contributed by atoms with Crippen LogP contribution >= 0.6 is 0 Å². The molecular formula is C14H26N2O4. The number of carbonyl (C=O) groups excluding carboxylic acids is 1. The highest BCUT2D eigenvalue weighted by molar-refractivity contribution is 5.76. The van der Waals surface area contributed by atoms with Crippen molar-refractivity contribution < 1.29 is 19.4 Å². The van der Waals surface area contributed by atoms with Crippen LogP contribution in [0.4, 0.5) is 0 Å². The summed E-state index contributed by atoms with van der Waals surface area (Å²) < 4.78 is 5.37. The number of hydrogen-bond donors (Lipinski definition) is 2. The van der Waals surface area contributed by atoms with Gasteiger partial charge in [-0.2, -0.15) is 0 Å². The minimum absolute atomic E-state index is 0.0554. The Hall–Kier alpha value is -1.14. The molecular weight excluding hydrogens is 260 g/mol. The summed E-state index contributed by atoms with van der Waals surface area (Å²) in [6.45, 7) is 6.04. The van der Waals surface area contributed by atoms with Gasteiger partial charge in [-0.3, -0.25) is 9.59 Å². The first-order valence-electron chi connectivity index (χ1n) is 7.23. The number of aliphatic carboxylic acids is 1. The summed E-state index contributed by atoms with van der Waals surface area (Å²) in [4.78, 5) is 24.6. The average Bonchev–Trinajstić information content (AvgIpc) is 2.36. The molecule has 1 heterocycles. The van der Waals surface area contributed by atoms with Crippen molar-refractivity contribution in [1.82, 2.24) is 4.90 Å². The normalized spacial score (nSPS) is 21.0. The van der Waals surface area contributed by atoms with E-state index in [1.807, 2.05) is 0 Å². The van der Waals surface area contributed by atoms with E-state index >= 15 is 0 Å². The molecule has 1 fully saturated rings. The van der Waals surface area contributed by atoms with Crippen LogP contribution in [0.3, 0.4) is 0 Å². The Morgan fingerprint density at radius 2 is 2.15 bits per heavy atom. The van der Waals surface area contributed by atoms with Gasteiger partial charge < -0.3 is 20.5 Å². The van der Waals surface area contributed by atoms with E-state index in [4.69, 9.17) is 15.6 Å². The molecule has 1 aliphatic heterocycles. The molecule has 0 bridgehead atoms. The topological polar surface area (TPSA) is 92.9 Å². The quantitative estimate of drug-likeness (QED) is 0.718. The highest BCUT2D eigenvalue weighted by atomic mass is 16.5. The van der Waals surface area contributed by atoms with Crippen LogP contribution in [0.25, 0.3) is 0 Å². The minimum Gasteiger partial charge on any atom is -0.481 e. The third-order valence-electron chi connectivity index (χ3n) is 3.50.